The van der Waals surface area contributed by atoms with Crippen LogP contribution in [0.25, 0.3) is 0 Å². The summed E-state index contributed by atoms with van der Waals surface area (Å²) in [5.74, 6) is -1.15. The van der Waals surface area contributed by atoms with Crippen molar-refractivity contribution < 1.29 is 15.0 Å². The second kappa shape index (κ2) is 5.23. The van der Waals surface area contributed by atoms with Crippen LogP contribution < -0.4 is 0 Å². The van der Waals surface area contributed by atoms with Gasteiger partial charge in [-0.15, -0.1) is 0 Å². The second-order valence-electron chi connectivity index (χ2n) is 2.34. The molecule has 0 amide bonds. The van der Waals surface area contributed by atoms with Crippen molar-refractivity contribution >= 4 is 5.97 Å². The van der Waals surface area contributed by atoms with Crippen molar-refractivity contribution in [3.05, 3.63) is 0 Å². The Morgan fingerprint density at radius 1 is 1.50 bits per heavy atom. The van der Waals surface area contributed by atoms with E-state index in [1.807, 2.05) is 6.92 Å². The average molecular weight is 146 g/mol. The lowest BCUT2D eigenvalue weighted by Crippen LogP contribution is -2.14. The number of carbonyl (C=O) groups is 1. The maximum Gasteiger partial charge on any atom is 0.306 e. The highest BCUT2D eigenvalue weighted by Gasteiger charge is 2.14. The van der Waals surface area contributed by atoms with Crippen LogP contribution in [0.2, 0.25) is 0 Å². The van der Waals surface area contributed by atoms with E-state index >= 15 is 0 Å². The average Bonchev–Trinajstić information content (AvgIpc) is 1.87. The molecule has 0 saturated carbocycles. The summed E-state index contributed by atoms with van der Waals surface area (Å²) in [6, 6.07) is 0. The van der Waals surface area contributed by atoms with Crippen LogP contribution in [0.1, 0.15) is 26.2 Å². The van der Waals surface area contributed by atoms with Gasteiger partial charge in [0.1, 0.15) is 0 Å². The smallest absolute Gasteiger partial charge is 0.306 e. The normalized spacial score (nSPS) is 13.0. The molecule has 0 spiro atoms. The van der Waals surface area contributed by atoms with Crippen LogP contribution in [0.3, 0.4) is 0 Å². The topological polar surface area (TPSA) is 57.5 Å². The van der Waals surface area contributed by atoms with Gasteiger partial charge in [-0.1, -0.05) is 13.3 Å². The van der Waals surface area contributed by atoms with E-state index in [4.69, 9.17) is 10.2 Å². The molecule has 0 aliphatic heterocycles. The molecule has 0 aliphatic rings. The summed E-state index contributed by atoms with van der Waals surface area (Å²) >= 11 is 0. The predicted octanol–water partition coefficient (Wildman–Crippen LogP) is 0.870. The third-order valence-electron chi connectivity index (χ3n) is 1.46. The van der Waals surface area contributed by atoms with Crippen LogP contribution in [0, 0.1) is 5.92 Å². The van der Waals surface area contributed by atoms with Crippen molar-refractivity contribution in [3.63, 3.8) is 0 Å². The van der Waals surface area contributed by atoms with Crippen molar-refractivity contribution in [2.45, 2.75) is 26.2 Å². The van der Waals surface area contributed by atoms with Gasteiger partial charge >= 0.3 is 5.97 Å². The SMILES string of the molecule is CCC[C@H](CCO)C(=O)O. The first-order valence-corrected chi connectivity index (χ1v) is 3.56. The van der Waals surface area contributed by atoms with Gasteiger partial charge in [0.15, 0.2) is 0 Å². The Morgan fingerprint density at radius 2 is 2.10 bits per heavy atom. The zero-order chi connectivity index (χ0) is 7.98. The van der Waals surface area contributed by atoms with E-state index in [-0.39, 0.29) is 12.5 Å². The van der Waals surface area contributed by atoms with E-state index < -0.39 is 5.97 Å². The molecule has 0 heterocycles. The van der Waals surface area contributed by atoms with Gasteiger partial charge in [-0.3, -0.25) is 4.79 Å². The summed E-state index contributed by atoms with van der Waals surface area (Å²) in [5.41, 5.74) is 0. The molecule has 3 nitrogen and oxygen atoms in total. The minimum atomic E-state index is -0.795. The summed E-state index contributed by atoms with van der Waals surface area (Å²) in [6.07, 6.45) is 1.90. The third kappa shape index (κ3) is 3.45. The van der Waals surface area contributed by atoms with E-state index in [0.717, 1.165) is 6.42 Å². The van der Waals surface area contributed by atoms with Crippen LogP contribution in [-0.2, 0) is 4.79 Å². The fraction of sp³-hybridized carbons (Fsp3) is 0.857. The molecule has 0 bridgehead atoms. The maximum atomic E-state index is 10.4. The van der Waals surface area contributed by atoms with E-state index in [1.54, 1.807) is 0 Å². The van der Waals surface area contributed by atoms with E-state index in [9.17, 15) is 4.79 Å². The van der Waals surface area contributed by atoms with Crippen LogP contribution in [-0.4, -0.2) is 22.8 Å². The molecule has 3 heteroatoms. The molecular weight excluding hydrogens is 132 g/mol. The van der Waals surface area contributed by atoms with Crippen molar-refractivity contribution in [3.8, 4) is 0 Å². The Kier molecular flexibility index (Phi) is 4.94. The number of aliphatic hydroxyl groups excluding tert-OH is 1. The largest absolute Gasteiger partial charge is 0.481 e. The molecule has 0 saturated heterocycles. The van der Waals surface area contributed by atoms with Gasteiger partial charge in [0.2, 0.25) is 0 Å². The summed E-state index contributed by atoms with van der Waals surface area (Å²) in [6.45, 7) is 1.91. The molecule has 0 aromatic heterocycles. The molecule has 1 atom stereocenters. The first-order chi connectivity index (χ1) is 4.72. The first-order valence-electron chi connectivity index (χ1n) is 3.56. The zero-order valence-electron chi connectivity index (χ0n) is 6.21. The highest BCUT2D eigenvalue weighted by Crippen LogP contribution is 2.09. The minimum absolute atomic E-state index is 0.0308. The molecule has 0 aliphatic carbocycles. The van der Waals surface area contributed by atoms with Gasteiger partial charge in [-0.2, -0.15) is 0 Å². The number of aliphatic hydroxyl groups is 1. The fourth-order valence-corrected chi connectivity index (χ4v) is 0.896. The van der Waals surface area contributed by atoms with Gasteiger partial charge in [0.05, 0.1) is 5.92 Å². The van der Waals surface area contributed by atoms with E-state index in [0.29, 0.717) is 12.8 Å². The summed E-state index contributed by atoms with van der Waals surface area (Å²) < 4.78 is 0. The van der Waals surface area contributed by atoms with Gasteiger partial charge in [0.25, 0.3) is 0 Å². The van der Waals surface area contributed by atoms with Gasteiger partial charge in [-0.25, -0.2) is 0 Å². The molecule has 10 heavy (non-hydrogen) atoms. The molecule has 0 radical (unpaired) electrons. The van der Waals surface area contributed by atoms with Crippen LogP contribution in [0.15, 0.2) is 0 Å². The lowest BCUT2D eigenvalue weighted by molar-refractivity contribution is -0.142. The number of rotatable bonds is 5. The number of aliphatic carboxylic acids is 1. The highest BCUT2D eigenvalue weighted by atomic mass is 16.4. The van der Waals surface area contributed by atoms with Gasteiger partial charge in [-0.05, 0) is 12.8 Å². The number of carboxylic acids is 1. The molecule has 0 aromatic rings. The zero-order valence-corrected chi connectivity index (χ0v) is 6.21. The summed E-state index contributed by atoms with van der Waals surface area (Å²) in [4.78, 5) is 10.4. The molecule has 2 N–H and O–H groups in total. The molecular formula is C7H14O3. The lowest BCUT2D eigenvalue weighted by Gasteiger charge is -2.07. The van der Waals surface area contributed by atoms with Crippen molar-refractivity contribution in [2.75, 3.05) is 6.61 Å². The molecule has 0 fully saturated rings. The Balaban J connectivity index is 3.61. The summed E-state index contributed by atoms with van der Waals surface area (Å²) in [5, 5.41) is 17.0. The highest BCUT2D eigenvalue weighted by molar-refractivity contribution is 5.69. The standard InChI is InChI=1S/C7H14O3/c1-2-3-6(4-5-8)7(9)10/h6,8H,2-5H2,1H3,(H,9,10)/t6-/m1/s1. The van der Waals surface area contributed by atoms with Crippen LogP contribution in [0.4, 0.5) is 0 Å². The molecule has 0 rings (SSSR count). The Hall–Kier alpha value is -0.570. The Labute approximate surface area is 60.7 Å². The van der Waals surface area contributed by atoms with Crippen LogP contribution >= 0.6 is 0 Å². The lowest BCUT2D eigenvalue weighted by atomic mass is 10.0. The molecule has 60 valence electrons. The predicted molar refractivity (Wildman–Crippen MR) is 37.7 cm³/mol. The number of hydrogen-bond donors (Lipinski definition) is 2. The van der Waals surface area contributed by atoms with Crippen LogP contribution in [0.5, 0.6) is 0 Å². The summed E-state index contributed by atoms with van der Waals surface area (Å²) in [7, 11) is 0. The number of hydrogen-bond acceptors (Lipinski definition) is 2. The van der Waals surface area contributed by atoms with Gasteiger partial charge in [0, 0.05) is 6.61 Å². The molecule has 0 unspecified atom stereocenters. The van der Waals surface area contributed by atoms with Crippen molar-refractivity contribution in [1.82, 2.24) is 0 Å². The second-order valence-corrected chi connectivity index (χ2v) is 2.34. The minimum Gasteiger partial charge on any atom is -0.481 e. The van der Waals surface area contributed by atoms with Crippen molar-refractivity contribution in [1.29, 1.82) is 0 Å². The van der Waals surface area contributed by atoms with Crippen molar-refractivity contribution in [2.24, 2.45) is 5.92 Å². The van der Waals surface area contributed by atoms with Gasteiger partial charge < -0.3 is 10.2 Å². The van der Waals surface area contributed by atoms with E-state index in [2.05, 4.69) is 0 Å². The Bertz CT molecular complexity index is 95.0. The quantitative estimate of drug-likeness (QED) is 0.605. The fourth-order valence-electron chi connectivity index (χ4n) is 0.896. The monoisotopic (exact) mass is 146 g/mol. The number of carboxylic acid groups (broad SMARTS) is 1. The van der Waals surface area contributed by atoms with E-state index in [1.165, 1.54) is 0 Å². The Morgan fingerprint density at radius 3 is 2.40 bits per heavy atom. The maximum absolute atomic E-state index is 10.4. The molecule has 0 aromatic carbocycles. The third-order valence-corrected chi connectivity index (χ3v) is 1.46. The first kappa shape index (κ1) is 9.43.